The average molecular weight is 297 g/mol. The number of halogens is 1. The van der Waals surface area contributed by atoms with Crippen LogP contribution in [0.3, 0.4) is 0 Å². The van der Waals surface area contributed by atoms with Crippen molar-refractivity contribution in [2.24, 2.45) is 0 Å². The second-order valence-electron chi connectivity index (χ2n) is 4.91. The van der Waals surface area contributed by atoms with Crippen molar-refractivity contribution in [1.29, 1.82) is 0 Å². The molecule has 1 heterocycles. The minimum atomic E-state index is -0.674. The van der Waals surface area contributed by atoms with E-state index < -0.39 is 11.7 Å². The fraction of sp³-hybridized carbons (Fsp3) is 0.0588. The van der Waals surface area contributed by atoms with Crippen LogP contribution in [0.4, 0.5) is 10.1 Å². The molecule has 0 aliphatic rings. The lowest BCUT2D eigenvalue weighted by Gasteiger charge is -2.07. The predicted octanol–water partition coefficient (Wildman–Crippen LogP) is 3.49. The molecule has 0 aliphatic carbocycles. The molecule has 0 spiro atoms. The number of amides is 1. The number of rotatable bonds is 2. The molecule has 0 radical (unpaired) electrons. The third-order valence-electron chi connectivity index (χ3n) is 3.23. The number of nitrogens with one attached hydrogen (secondary N) is 1. The highest BCUT2D eigenvalue weighted by Crippen LogP contribution is 2.18. The fourth-order valence-electron chi connectivity index (χ4n) is 2.13. The minimum Gasteiger partial charge on any atom is -0.451 e. The van der Waals surface area contributed by atoms with Crippen LogP contribution in [0.5, 0.6) is 0 Å². The summed E-state index contributed by atoms with van der Waals surface area (Å²) >= 11 is 0. The third kappa shape index (κ3) is 2.61. The Bertz CT molecular complexity index is 931. The number of para-hydroxylation sites is 1. The molecule has 3 rings (SSSR count). The van der Waals surface area contributed by atoms with Crippen LogP contribution < -0.4 is 10.7 Å². The number of benzene rings is 2. The maximum absolute atomic E-state index is 13.7. The predicted molar refractivity (Wildman–Crippen MR) is 81.6 cm³/mol. The van der Waals surface area contributed by atoms with E-state index in [1.807, 2.05) is 0 Å². The van der Waals surface area contributed by atoms with Gasteiger partial charge in [-0.2, -0.15) is 0 Å². The number of hydrogen-bond donors (Lipinski definition) is 1. The highest BCUT2D eigenvalue weighted by Gasteiger charge is 2.14. The molecule has 2 aromatic carbocycles. The van der Waals surface area contributed by atoms with Crippen molar-refractivity contribution < 1.29 is 13.6 Å². The van der Waals surface area contributed by atoms with Crippen LogP contribution in [0.2, 0.25) is 0 Å². The van der Waals surface area contributed by atoms with E-state index in [4.69, 9.17) is 4.42 Å². The van der Waals surface area contributed by atoms with Gasteiger partial charge in [0.25, 0.3) is 5.91 Å². The van der Waals surface area contributed by atoms with Gasteiger partial charge in [-0.25, -0.2) is 4.39 Å². The Morgan fingerprint density at radius 3 is 2.73 bits per heavy atom. The first-order valence-corrected chi connectivity index (χ1v) is 6.65. The molecule has 4 nitrogen and oxygen atoms in total. The maximum Gasteiger partial charge on any atom is 0.291 e. The van der Waals surface area contributed by atoms with Crippen LogP contribution in [0.1, 0.15) is 16.1 Å². The van der Waals surface area contributed by atoms with E-state index in [1.54, 1.807) is 37.3 Å². The van der Waals surface area contributed by atoms with Gasteiger partial charge in [0.1, 0.15) is 11.4 Å². The second-order valence-corrected chi connectivity index (χ2v) is 4.91. The normalized spacial score (nSPS) is 10.6. The van der Waals surface area contributed by atoms with Crippen molar-refractivity contribution >= 4 is 22.6 Å². The highest BCUT2D eigenvalue weighted by atomic mass is 19.1. The molecule has 0 unspecified atom stereocenters. The first-order chi connectivity index (χ1) is 10.5. The first kappa shape index (κ1) is 14.0. The van der Waals surface area contributed by atoms with Gasteiger partial charge in [-0.1, -0.05) is 18.2 Å². The van der Waals surface area contributed by atoms with Crippen LogP contribution >= 0.6 is 0 Å². The smallest absolute Gasteiger partial charge is 0.291 e. The Labute approximate surface area is 125 Å². The maximum atomic E-state index is 13.7. The molecule has 1 N–H and O–H groups in total. The first-order valence-electron chi connectivity index (χ1n) is 6.65. The lowest BCUT2D eigenvalue weighted by Crippen LogP contribution is -2.15. The van der Waals surface area contributed by atoms with Gasteiger partial charge in [0.2, 0.25) is 0 Å². The second kappa shape index (κ2) is 5.44. The van der Waals surface area contributed by atoms with Crippen molar-refractivity contribution in [3.63, 3.8) is 0 Å². The van der Waals surface area contributed by atoms with E-state index in [0.29, 0.717) is 11.0 Å². The molecular formula is C17H12FNO3. The van der Waals surface area contributed by atoms with E-state index in [2.05, 4.69) is 5.32 Å². The molecule has 0 bridgehead atoms. The molecule has 1 aromatic heterocycles. The lowest BCUT2D eigenvalue weighted by atomic mass is 10.2. The largest absolute Gasteiger partial charge is 0.451 e. The van der Waals surface area contributed by atoms with Crippen molar-refractivity contribution in [3.8, 4) is 0 Å². The molecule has 0 aliphatic heterocycles. The SMILES string of the molecule is Cc1ccc(F)c(NC(=O)c2cc(=O)c3ccccc3o2)c1. The van der Waals surface area contributed by atoms with Gasteiger partial charge >= 0.3 is 0 Å². The lowest BCUT2D eigenvalue weighted by molar-refractivity contribution is 0.0996. The summed E-state index contributed by atoms with van der Waals surface area (Å²) < 4.78 is 19.1. The van der Waals surface area contributed by atoms with Crippen LogP contribution in [0.15, 0.2) is 57.7 Å². The molecule has 0 atom stereocenters. The van der Waals surface area contributed by atoms with Crippen LogP contribution in [0, 0.1) is 12.7 Å². The molecular weight excluding hydrogens is 285 g/mol. The Morgan fingerprint density at radius 2 is 1.91 bits per heavy atom. The van der Waals surface area contributed by atoms with E-state index >= 15 is 0 Å². The van der Waals surface area contributed by atoms with Gasteiger partial charge in [-0.3, -0.25) is 9.59 Å². The molecule has 1 amide bonds. The van der Waals surface area contributed by atoms with Crippen LogP contribution in [-0.4, -0.2) is 5.91 Å². The van der Waals surface area contributed by atoms with Gasteiger partial charge in [0.05, 0.1) is 11.1 Å². The molecule has 22 heavy (non-hydrogen) atoms. The summed E-state index contributed by atoms with van der Waals surface area (Å²) in [6.07, 6.45) is 0. The Morgan fingerprint density at radius 1 is 1.14 bits per heavy atom. The minimum absolute atomic E-state index is 0.0424. The number of aryl methyl sites for hydroxylation is 1. The fourth-order valence-corrected chi connectivity index (χ4v) is 2.13. The highest BCUT2D eigenvalue weighted by molar-refractivity contribution is 6.03. The molecule has 5 heteroatoms. The molecule has 110 valence electrons. The van der Waals surface area contributed by atoms with Crippen LogP contribution in [-0.2, 0) is 0 Å². The van der Waals surface area contributed by atoms with Gasteiger partial charge in [-0.15, -0.1) is 0 Å². The summed E-state index contributed by atoms with van der Waals surface area (Å²) in [5, 5.41) is 2.80. The zero-order chi connectivity index (χ0) is 15.7. The number of carbonyl (C=O) groups is 1. The van der Waals surface area contributed by atoms with Gasteiger partial charge in [0.15, 0.2) is 11.2 Å². The van der Waals surface area contributed by atoms with Gasteiger partial charge < -0.3 is 9.73 Å². The third-order valence-corrected chi connectivity index (χ3v) is 3.23. The average Bonchev–Trinajstić information content (AvgIpc) is 2.51. The van der Waals surface area contributed by atoms with E-state index in [1.165, 1.54) is 12.1 Å². The van der Waals surface area contributed by atoms with Crippen molar-refractivity contribution in [1.82, 2.24) is 0 Å². The Hall–Kier alpha value is -2.95. The molecule has 3 aromatic rings. The van der Waals surface area contributed by atoms with E-state index in [9.17, 15) is 14.0 Å². The van der Waals surface area contributed by atoms with Crippen molar-refractivity contribution in [2.75, 3.05) is 5.32 Å². The summed E-state index contributed by atoms with van der Waals surface area (Å²) in [7, 11) is 0. The summed E-state index contributed by atoms with van der Waals surface area (Å²) in [6, 6.07) is 12.1. The zero-order valence-electron chi connectivity index (χ0n) is 11.7. The van der Waals surface area contributed by atoms with Crippen molar-refractivity contribution in [2.45, 2.75) is 6.92 Å². The van der Waals surface area contributed by atoms with Crippen molar-refractivity contribution in [3.05, 3.63) is 75.9 Å². The molecule has 0 fully saturated rings. The summed E-state index contributed by atoms with van der Waals surface area (Å²) in [4.78, 5) is 24.1. The summed E-state index contributed by atoms with van der Waals surface area (Å²) in [5.74, 6) is -1.39. The quantitative estimate of drug-likeness (QED) is 0.787. The monoisotopic (exact) mass is 297 g/mol. The Balaban J connectivity index is 1.99. The summed E-state index contributed by atoms with van der Waals surface area (Å²) in [6.45, 7) is 1.78. The number of carbonyl (C=O) groups excluding carboxylic acids is 1. The number of anilines is 1. The Kier molecular flexibility index (Phi) is 3.47. The molecule has 0 saturated carbocycles. The standard InChI is InChI=1S/C17H12FNO3/c1-10-6-7-12(18)13(8-10)19-17(21)16-9-14(20)11-4-2-3-5-15(11)22-16/h2-9H,1H3,(H,19,21). The van der Waals surface area contributed by atoms with Crippen LogP contribution in [0.25, 0.3) is 11.0 Å². The van der Waals surface area contributed by atoms with E-state index in [-0.39, 0.29) is 16.9 Å². The zero-order valence-corrected chi connectivity index (χ0v) is 11.7. The molecule has 0 saturated heterocycles. The van der Waals surface area contributed by atoms with Gasteiger partial charge in [-0.05, 0) is 36.8 Å². The topological polar surface area (TPSA) is 59.3 Å². The number of fused-ring (bicyclic) bond motifs is 1. The van der Waals surface area contributed by atoms with Gasteiger partial charge in [0, 0.05) is 6.07 Å². The van der Waals surface area contributed by atoms with E-state index in [0.717, 1.165) is 11.6 Å². The number of hydrogen-bond acceptors (Lipinski definition) is 3. The summed E-state index contributed by atoms with van der Waals surface area (Å²) in [5.41, 5.74) is 0.832.